The van der Waals surface area contributed by atoms with Crippen molar-refractivity contribution in [2.75, 3.05) is 7.11 Å². The van der Waals surface area contributed by atoms with Crippen LogP contribution in [0.2, 0.25) is 0 Å². The number of halogens is 3. The molecule has 1 aromatic carbocycles. The number of carbonyl (C=O) groups excluding carboxylic acids is 2. The molecule has 0 fully saturated rings. The summed E-state index contributed by atoms with van der Waals surface area (Å²) >= 11 is 0. The van der Waals surface area contributed by atoms with Gasteiger partial charge in [-0.05, 0) is 26.3 Å². The van der Waals surface area contributed by atoms with Crippen molar-refractivity contribution < 1.29 is 83.4 Å². The van der Waals surface area contributed by atoms with Crippen LogP contribution in [0.4, 0.5) is 17.7 Å². The molecule has 0 spiro atoms. The first-order valence-corrected chi connectivity index (χ1v) is 7.28. The van der Waals surface area contributed by atoms with Crippen LogP contribution >= 0.6 is 0 Å². The van der Waals surface area contributed by atoms with Crippen molar-refractivity contribution in [1.29, 1.82) is 0 Å². The average molecular weight is 385 g/mol. The quantitative estimate of drug-likeness (QED) is 0.541. The Bertz CT molecular complexity index is 588. The first-order valence-electron chi connectivity index (χ1n) is 7.28. The van der Waals surface area contributed by atoms with Gasteiger partial charge < -0.3 is 27.7 Å². The Morgan fingerprint density at radius 2 is 1.68 bits per heavy atom. The van der Waals surface area contributed by atoms with Crippen LogP contribution in [0, 0.1) is 0 Å². The average Bonchev–Trinajstić information content (AvgIpc) is 2.43. The number of ether oxygens (including phenoxy) is 2. The van der Waals surface area contributed by atoms with Crippen LogP contribution in [-0.4, -0.2) is 37.8 Å². The van der Waals surface area contributed by atoms with E-state index in [2.05, 4.69) is 10.1 Å². The number of nitrogens with one attached hydrogen (secondary N) is 1. The number of hydrogen-bond donors (Lipinski definition) is 1. The normalized spacial score (nSPS) is 12.6. The van der Waals surface area contributed by atoms with Crippen LogP contribution in [0.1, 0.15) is 26.3 Å². The molecule has 5 nitrogen and oxygen atoms in total. The van der Waals surface area contributed by atoms with E-state index in [0.29, 0.717) is 5.56 Å². The standard InChI is InChI=1S/C15H20BF3NO4.K/c1-15(2,3)24-14(22)20-12(13(21)23-4)9-10-5-7-11(8-6-10)16(17,18)19;/h5-8,12H,9H2,1-4H3,(H,20,22);/q-1;+1/t12-;/m1./s1. The number of benzene rings is 1. The summed E-state index contributed by atoms with van der Waals surface area (Å²) in [4.78, 5) is 23.6. The van der Waals surface area contributed by atoms with Crippen molar-refractivity contribution in [3.05, 3.63) is 29.8 Å². The van der Waals surface area contributed by atoms with E-state index >= 15 is 0 Å². The van der Waals surface area contributed by atoms with Crippen molar-refractivity contribution in [1.82, 2.24) is 5.32 Å². The third-order valence-electron chi connectivity index (χ3n) is 2.97. The van der Waals surface area contributed by atoms with Crippen LogP contribution < -0.4 is 62.2 Å². The molecule has 0 saturated heterocycles. The Hall–Kier alpha value is -0.549. The van der Waals surface area contributed by atoms with Crippen LogP contribution in [0.25, 0.3) is 0 Å². The van der Waals surface area contributed by atoms with Crippen molar-refractivity contribution in [3.63, 3.8) is 0 Å². The summed E-state index contributed by atoms with van der Waals surface area (Å²) in [6.45, 7) is -0.0841. The van der Waals surface area contributed by atoms with Gasteiger partial charge in [-0.2, -0.15) is 0 Å². The third-order valence-corrected chi connectivity index (χ3v) is 2.97. The summed E-state index contributed by atoms with van der Waals surface area (Å²) in [5, 5.41) is 2.36. The molecule has 10 heteroatoms. The number of methoxy groups -OCH3 is 1. The molecule has 0 aliphatic heterocycles. The second-order valence-corrected chi connectivity index (χ2v) is 6.24. The summed E-state index contributed by atoms with van der Waals surface area (Å²) in [6.07, 6.45) is -0.829. The van der Waals surface area contributed by atoms with Crippen LogP contribution in [-0.2, 0) is 20.7 Å². The summed E-state index contributed by atoms with van der Waals surface area (Å²) in [5.41, 5.74) is -1.03. The largest absolute Gasteiger partial charge is 1.00 e. The minimum atomic E-state index is -5.08. The Balaban J connectivity index is 0.00000576. The maximum absolute atomic E-state index is 12.6. The summed E-state index contributed by atoms with van der Waals surface area (Å²) in [5.74, 6) is -0.718. The number of carbonyl (C=O) groups is 2. The molecule has 1 atom stereocenters. The van der Waals surface area contributed by atoms with Crippen LogP contribution in [0.3, 0.4) is 0 Å². The van der Waals surface area contributed by atoms with Gasteiger partial charge in [-0.15, -0.1) is 5.46 Å². The van der Waals surface area contributed by atoms with Gasteiger partial charge in [-0.1, -0.05) is 24.3 Å². The number of rotatable bonds is 5. The monoisotopic (exact) mass is 385 g/mol. The SMILES string of the molecule is COC(=O)[C@@H](Cc1ccc([B-](F)(F)F)cc1)NC(=O)OC(C)(C)C.[K+]. The fourth-order valence-corrected chi connectivity index (χ4v) is 1.89. The molecule has 0 saturated carbocycles. The fourth-order valence-electron chi connectivity index (χ4n) is 1.89. The molecule has 0 aromatic heterocycles. The molecule has 25 heavy (non-hydrogen) atoms. The Morgan fingerprint density at radius 1 is 1.16 bits per heavy atom. The van der Waals surface area contributed by atoms with E-state index in [0.717, 1.165) is 19.2 Å². The number of amides is 1. The van der Waals surface area contributed by atoms with Crippen molar-refractivity contribution in [2.24, 2.45) is 0 Å². The van der Waals surface area contributed by atoms with Gasteiger partial charge >= 0.3 is 70.4 Å². The number of esters is 1. The zero-order chi connectivity index (χ0) is 18.5. The number of hydrogen-bond acceptors (Lipinski definition) is 4. The van der Waals surface area contributed by atoms with Gasteiger partial charge in [-0.3, -0.25) is 0 Å². The second kappa shape index (κ2) is 9.96. The molecule has 1 aromatic rings. The molecule has 0 aliphatic carbocycles. The predicted molar refractivity (Wildman–Crippen MR) is 84.0 cm³/mol. The fraction of sp³-hybridized carbons (Fsp3) is 0.467. The minimum Gasteiger partial charge on any atom is -0.467 e. The maximum atomic E-state index is 12.6. The van der Waals surface area contributed by atoms with Gasteiger partial charge in [0.05, 0.1) is 7.11 Å². The zero-order valence-electron chi connectivity index (χ0n) is 14.9. The van der Waals surface area contributed by atoms with Crippen LogP contribution in [0.5, 0.6) is 0 Å². The Kier molecular flexibility index (Phi) is 9.74. The van der Waals surface area contributed by atoms with Gasteiger partial charge in [0.15, 0.2) is 0 Å². The summed E-state index contributed by atoms with van der Waals surface area (Å²) in [7, 11) is 1.15. The molecule has 1 N–H and O–H groups in total. The Labute approximate surface area is 187 Å². The molecule has 134 valence electrons. The molecular formula is C15H20BF3KNO4. The predicted octanol–water partition coefficient (Wildman–Crippen LogP) is -0.646. The number of alkyl carbamates (subject to hydrolysis) is 1. The van der Waals surface area contributed by atoms with Gasteiger partial charge in [0.2, 0.25) is 0 Å². The molecule has 0 bridgehead atoms. The Morgan fingerprint density at radius 3 is 2.08 bits per heavy atom. The van der Waals surface area contributed by atoms with E-state index in [1.54, 1.807) is 20.8 Å². The van der Waals surface area contributed by atoms with Gasteiger partial charge in [0.1, 0.15) is 11.6 Å². The van der Waals surface area contributed by atoms with Gasteiger partial charge in [0.25, 0.3) is 0 Å². The molecule has 0 aliphatic rings. The van der Waals surface area contributed by atoms with Gasteiger partial charge in [-0.25, -0.2) is 9.59 Å². The van der Waals surface area contributed by atoms with Gasteiger partial charge in [0, 0.05) is 6.42 Å². The first-order chi connectivity index (χ1) is 10.9. The zero-order valence-corrected chi connectivity index (χ0v) is 18.1. The topological polar surface area (TPSA) is 64.6 Å². The molecule has 0 unspecified atom stereocenters. The van der Waals surface area contributed by atoms with E-state index < -0.39 is 36.1 Å². The van der Waals surface area contributed by atoms with Crippen molar-refractivity contribution in [3.8, 4) is 0 Å². The third kappa shape index (κ3) is 9.09. The maximum Gasteiger partial charge on any atom is 1.00 e. The molecular weight excluding hydrogens is 365 g/mol. The molecule has 1 amide bonds. The van der Waals surface area contributed by atoms with E-state index in [4.69, 9.17) is 4.74 Å². The molecule has 0 heterocycles. The van der Waals surface area contributed by atoms with E-state index in [1.165, 1.54) is 12.1 Å². The smallest absolute Gasteiger partial charge is 0.467 e. The van der Waals surface area contributed by atoms with Crippen molar-refractivity contribution >= 4 is 24.5 Å². The van der Waals surface area contributed by atoms with E-state index in [-0.39, 0.29) is 57.8 Å². The minimum absolute atomic E-state index is 0. The summed E-state index contributed by atoms with van der Waals surface area (Å²) < 4.78 is 47.5. The van der Waals surface area contributed by atoms with E-state index in [9.17, 15) is 22.5 Å². The van der Waals surface area contributed by atoms with Crippen LogP contribution in [0.15, 0.2) is 24.3 Å². The molecule has 1 rings (SSSR count). The summed E-state index contributed by atoms with van der Waals surface area (Å²) in [6, 6.07) is 3.34. The van der Waals surface area contributed by atoms with Crippen molar-refractivity contribution in [2.45, 2.75) is 38.8 Å². The first kappa shape index (κ1) is 24.5. The van der Waals surface area contributed by atoms with E-state index in [1.807, 2.05) is 0 Å². The second-order valence-electron chi connectivity index (χ2n) is 6.24. The molecule has 0 radical (unpaired) electrons.